The minimum absolute atomic E-state index is 0.170. The standard InChI is InChI=1S/C26H33Cl2N5O5S/c1-39(37,38)32-20-8-4-5-9-21(20)33-24(18-11-10-15(27)14-19(18)28)23(25(34)30-13-12-22(29)31-36)16-6-2-3-7-17(16)26(33)35/h2-3,6-7,10-11,14,20-24,31-32,36H,4-5,8-9,12-13,29H2,1H3,(H,30,34)/t20-,21-,22?,23+,24-/m0/s1. The summed E-state index contributed by atoms with van der Waals surface area (Å²) in [6.45, 7) is 0.170. The maximum Gasteiger partial charge on any atom is 0.255 e. The molecule has 2 aromatic rings. The van der Waals surface area contributed by atoms with E-state index in [0.717, 1.165) is 19.1 Å². The van der Waals surface area contributed by atoms with Gasteiger partial charge in [0.05, 0.1) is 24.4 Å². The fourth-order valence-electron chi connectivity index (χ4n) is 5.65. The number of halogens is 2. The van der Waals surface area contributed by atoms with Crippen LogP contribution in [-0.4, -0.2) is 61.4 Å². The largest absolute Gasteiger partial charge is 0.355 e. The van der Waals surface area contributed by atoms with Crippen LogP contribution in [0.1, 0.15) is 65.5 Å². The highest BCUT2D eigenvalue weighted by Gasteiger charge is 2.49. The fraction of sp³-hybridized carbons (Fsp3) is 0.462. The quantitative estimate of drug-likeness (QED) is 0.220. The molecule has 4 rings (SSSR count). The number of nitrogens with two attached hydrogens (primary N) is 1. The molecule has 0 bridgehead atoms. The Morgan fingerprint density at radius 1 is 1.15 bits per heavy atom. The number of nitrogens with one attached hydrogen (secondary N) is 3. The van der Waals surface area contributed by atoms with Gasteiger partial charge < -0.3 is 21.2 Å². The van der Waals surface area contributed by atoms with Crippen molar-refractivity contribution in [2.75, 3.05) is 12.8 Å². The van der Waals surface area contributed by atoms with Crippen molar-refractivity contribution in [3.63, 3.8) is 0 Å². The number of nitrogens with zero attached hydrogens (tertiary/aromatic N) is 1. The molecule has 1 fully saturated rings. The van der Waals surface area contributed by atoms with Crippen LogP contribution in [0.5, 0.6) is 0 Å². The number of carbonyl (C=O) groups is 2. The maximum absolute atomic E-state index is 14.2. The summed E-state index contributed by atoms with van der Waals surface area (Å²) in [6.07, 6.45) is 3.32. The Labute approximate surface area is 238 Å². The van der Waals surface area contributed by atoms with Crippen molar-refractivity contribution in [1.29, 1.82) is 0 Å². The van der Waals surface area contributed by atoms with Crippen LogP contribution in [-0.2, 0) is 14.8 Å². The number of hydroxylamine groups is 1. The van der Waals surface area contributed by atoms with Gasteiger partial charge in [-0.15, -0.1) is 0 Å². The van der Waals surface area contributed by atoms with Crippen LogP contribution in [0.3, 0.4) is 0 Å². The van der Waals surface area contributed by atoms with Crippen LogP contribution < -0.4 is 21.3 Å². The van der Waals surface area contributed by atoms with Crippen LogP contribution in [0.4, 0.5) is 0 Å². The lowest BCUT2D eigenvalue weighted by Gasteiger charge is -2.49. The molecule has 0 saturated heterocycles. The molecule has 2 amide bonds. The highest BCUT2D eigenvalue weighted by atomic mass is 35.5. The first-order valence-corrected chi connectivity index (χ1v) is 15.4. The number of benzene rings is 2. The zero-order chi connectivity index (χ0) is 28.3. The van der Waals surface area contributed by atoms with Gasteiger partial charge in [-0.25, -0.2) is 13.1 Å². The third-order valence-electron chi connectivity index (χ3n) is 7.31. The molecule has 2 aromatic carbocycles. The van der Waals surface area contributed by atoms with Crippen molar-refractivity contribution >= 4 is 45.0 Å². The molecule has 212 valence electrons. The molecule has 5 atom stereocenters. The van der Waals surface area contributed by atoms with E-state index in [4.69, 9.17) is 34.1 Å². The van der Waals surface area contributed by atoms with Gasteiger partial charge >= 0.3 is 0 Å². The fourth-order valence-corrected chi connectivity index (χ4v) is 7.00. The van der Waals surface area contributed by atoms with E-state index in [-0.39, 0.29) is 29.8 Å². The molecule has 2 aliphatic rings. The van der Waals surface area contributed by atoms with E-state index < -0.39 is 40.2 Å². The first-order valence-electron chi connectivity index (χ1n) is 12.8. The van der Waals surface area contributed by atoms with Gasteiger partial charge in [0.15, 0.2) is 0 Å². The Kier molecular flexibility index (Phi) is 9.53. The van der Waals surface area contributed by atoms with Crippen LogP contribution in [0.15, 0.2) is 42.5 Å². The van der Waals surface area contributed by atoms with Gasteiger partial charge in [-0.2, -0.15) is 5.48 Å². The Bertz CT molecular complexity index is 1330. The van der Waals surface area contributed by atoms with Crippen molar-refractivity contribution in [2.24, 2.45) is 5.73 Å². The van der Waals surface area contributed by atoms with Crippen molar-refractivity contribution < 1.29 is 23.2 Å². The highest BCUT2D eigenvalue weighted by molar-refractivity contribution is 7.88. The third-order valence-corrected chi connectivity index (χ3v) is 8.61. The van der Waals surface area contributed by atoms with Crippen molar-refractivity contribution in [3.05, 3.63) is 69.2 Å². The molecule has 6 N–H and O–H groups in total. The Morgan fingerprint density at radius 3 is 2.56 bits per heavy atom. The molecule has 39 heavy (non-hydrogen) atoms. The van der Waals surface area contributed by atoms with E-state index in [9.17, 15) is 18.0 Å². The average Bonchev–Trinajstić information content (AvgIpc) is 2.88. The van der Waals surface area contributed by atoms with E-state index in [0.29, 0.717) is 34.6 Å². The molecule has 10 nitrogen and oxygen atoms in total. The number of fused-ring (bicyclic) bond motifs is 1. The topological polar surface area (TPSA) is 154 Å². The monoisotopic (exact) mass is 597 g/mol. The third kappa shape index (κ3) is 6.74. The molecule has 1 unspecified atom stereocenters. The highest BCUT2D eigenvalue weighted by Crippen LogP contribution is 2.47. The van der Waals surface area contributed by atoms with Crippen molar-refractivity contribution in [3.8, 4) is 0 Å². The summed E-state index contributed by atoms with van der Waals surface area (Å²) >= 11 is 12.9. The minimum atomic E-state index is -3.57. The van der Waals surface area contributed by atoms with Crippen LogP contribution >= 0.6 is 23.2 Å². The molecule has 1 saturated carbocycles. The van der Waals surface area contributed by atoms with Crippen LogP contribution in [0, 0.1) is 0 Å². The molecule has 0 spiro atoms. The predicted molar refractivity (Wildman–Crippen MR) is 149 cm³/mol. The second-order valence-corrected chi connectivity index (χ2v) is 12.7. The van der Waals surface area contributed by atoms with E-state index in [1.54, 1.807) is 47.4 Å². The van der Waals surface area contributed by atoms with Crippen LogP contribution in [0.2, 0.25) is 10.0 Å². The van der Waals surface area contributed by atoms with E-state index >= 15 is 0 Å². The second kappa shape index (κ2) is 12.5. The minimum Gasteiger partial charge on any atom is -0.355 e. The van der Waals surface area contributed by atoms with Gasteiger partial charge in [-0.1, -0.05) is 60.3 Å². The Morgan fingerprint density at radius 2 is 1.87 bits per heavy atom. The molecule has 1 heterocycles. The van der Waals surface area contributed by atoms with Crippen molar-refractivity contribution in [1.82, 2.24) is 20.4 Å². The lowest BCUT2D eigenvalue weighted by molar-refractivity contribution is -0.124. The van der Waals surface area contributed by atoms with Gasteiger partial charge in [0.1, 0.15) is 0 Å². The summed E-state index contributed by atoms with van der Waals surface area (Å²) in [5.41, 5.74) is 9.11. The maximum atomic E-state index is 14.2. The number of hydrogen-bond donors (Lipinski definition) is 5. The predicted octanol–water partition coefficient (Wildman–Crippen LogP) is 2.90. The number of carbonyl (C=O) groups excluding carboxylic acids is 2. The van der Waals surface area contributed by atoms with E-state index in [2.05, 4.69) is 10.0 Å². The molecule has 13 heteroatoms. The number of hydrogen-bond acceptors (Lipinski definition) is 7. The SMILES string of the molecule is CS(=O)(=O)N[C@H]1CCCC[C@@H]1N1C(=O)c2ccccc2[C@@H](C(=O)NCCC(N)NO)[C@@H]1c1ccc(Cl)cc1Cl. The lowest BCUT2D eigenvalue weighted by Crippen LogP contribution is -2.59. The van der Waals surface area contributed by atoms with Gasteiger partial charge in [0.2, 0.25) is 15.9 Å². The molecule has 1 aliphatic heterocycles. The van der Waals surface area contributed by atoms with Gasteiger partial charge in [-0.3, -0.25) is 9.59 Å². The number of rotatable bonds is 9. The summed E-state index contributed by atoms with van der Waals surface area (Å²) < 4.78 is 27.3. The van der Waals surface area contributed by atoms with E-state index in [1.165, 1.54) is 0 Å². The van der Waals surface area contributed by atoms with Crippen molar-refractivity contribution in [2.45, 2.75) is 62.3 Å². The van der Waals surface area contributed by atoms with Gasteiger partial charge in [0.25, 0.3) is 5.91 Å². The normalized spacial score (nSPS) is 24.2. The molecule has 0 aromatic heterocycles. The Balaban J connectivity index is 1.86. The molecule has 0 radical (unpaired) electrons. The second-order valence-electron chi connectivity index (χ2n) is 10.1. The molecular formula is C26H33Cl2N5O5S. The molecule has 1 aliphatic carbocycles. The first kappa shape index (κ1) is 29.7. The van der Waals surface area contributed by atoms with Gasteiger partial charge in [0, 0.05) is 34.2 Å². The summed E-state index contributed by atoms with van der Waals surface area (Å²) in [5, 5.41) is 12.6. The lowest BCUT2D eigenvalue weighted by atomic mass is 9.76. The zero-order valence-electron chi connectivity index (χ0n) is 21.4. The number of amides is 2. The van der Waals surface area contributed by atoms with Crippen LogP contribution in [0.25, 0.3) is 0 Å². The zero-order valence-corrected chi connectivity index (χ0v) is 23.8. The summed E-state index contributed by atoms with van der Waals surface area (Å²) in [6, 6.07) is 9.96. The Hall–Kier alpha value is -2.25. The summed E-state index contributed by atoms with van der Waals surface area (Å²) in [7, 11) is -3.57. The van der Waals surface area contributed by atoms with Gasteiger partial charge in [-0.05, 0) is 48.6 Å². The smallest absolute Gasteiger partial charge is 0.255 e. The number of sulfonamides is 1. The summed E-state index contributed by atoms with van der Waals surface area (Å²) in [5.74, 6) is -1.52. The average molecular weight is 599 g/mol. The summed E-state index contributed by atoms with van der Waals surface area (Å²) in [4.78, 5) is 29.7. The first-order chi connectivity index (χ1) is 18.5. The van der Waals surface area contributed by atoms with E-state index in [1.807, 2.05) is 5.48 Å². The molecular weight excluding hydrogens is 565 g/mol.